The minimum atomic E-state index is -1.02. The highest BCUT2D eigenvalue weighted by Gasteiger charge is 2.37. The first kappa shape index (κ1) is 22.3. The lowest BCUT2D eigenvalue weighted by molar-refractivity contribution is -0.179. The van der Waals surface area contributed by atoms with E-state index < -0.39 is 24.4 Å². The van der Waals surface area contributed by atoms with Crippen molar-refractivity contribution in [2.24, 2.45) is 7.05 Å². The summed E-state index contributed by atoms with van der Waals surface area (Å²) in [4.78, 5) is 0. The second-order valence-electron chi connectivity index (χ2n) is 8.37. The van der Waals surface area contributed by atoms with Gasteiger partial charge in [0.05, 0.1) is 30.6 Å². The van der Waals surface area contributed by atoms with E-state index in [-0.39, 0.29) is 13.0 Å². The summed E-state index contributed by atoms with van der Waals surface area (Å²) >= 11 is 0. The van der Waals surface area contributed by atoms with E-state index in [1.807, 2.05) is 43.6 Å². The third-order valence-electron chi connectivity index (χ3n) is 5.86. The molecule has 166 valence electrons. The Kier molecular flexibility index (Phi) is 6.73. The molecule has 3 aromatic rings. The summed E-state index contributed by atoms with van der Waals surface area (Å²) in [6.07, 6.45) is 1.48. The largest absolute Gasteiger partial charge is 0.394 e. The lowest BCUT2D eigenvalue weighted by atomic mass is 9.90. The zero-order valence-corrected chi connectivity index (χ0v) is 18.3. The highest BCUT2D eigenvalue weighted by atomic mass is 16.5. The van der Waals surface area contributed by atoms with Gasteiger partial charge in [-0.3, -0.25) is 4.68 Å². The van der Waals surface area contributed by atoms with E-state index in [4.69, 9.17) is 4.74 Å². The van der Waals surface area contributed by atoms with Crippen molar-refractivity contribution in [3.63, 3.8) is 0 Å². The van der Waals surface area contributed by atoms with Gasteiger partial charge in [-0.25, -0.2) is 0 Å². The van der Waals surface area contributed by atoms with E-state index in [0.29, 0.717) is 0 Å². The molecule has 1 saturated heterocycles. The molecule has 2 aromatic carbocycles. The van der Waals surface area contributed by atoms with Crippen LogP contribution >= 0.6 is 0 Å². The Morgan fingerprint density at radius 3 is 2.53 bits per heavy atom. The van der Waals surface area contributed by atoms with Gasteiger partial charge in [0.2, 0.25) is 0 Å². The highest BCUT2D eigenvalue weighted by molar-refractivity contribution is 5.43. The minimum Gasteiger partial charge on any atom is -0.394 e. The number of aryl methyl sites for hydroxylation is 2. The number of benzene rings is 2. The van der Waals surface area contributed by atoms with Crippen LogP contribution in [0.1, 0.15) is 45.9 Å². The second-order valence-corrected chi connectivity index (χ2v) is 8.37. The van der Waals surface area contributed by atoms with Gasteiger partial charge in [0, 0.05) is 25.2 Å². The quantitative estimate of drug-likeness (QED) is 0.551. The van der Waals surface area contributed by atoms with Gasteiger partial charge in [0.25, 0.3) is 0 Å². The van der Waals surface area contributed by atoms with Gasteiger partial charge in [0.15, 0.2) is 0 Å². The number of ether oxygens (including phenoxy) is 1. The smallest absolute Gasteiger partial charge is 0.111 e. The first-order valence-electron chi connectivity index (χ1n) is 10.7. The van der Waals surface area contributed by atoms with Gasteiger partial charge < -0.3 is 20.1 Å². The maximum absolute atomic E-state index is 10.4. The van der Waals surface area contributed by atoms with Crippen LogP contribution in [0.15, 0.2) is 54.9 Å². The molecule has 1 aliphatic heterocycles. The summed E-state index contributed by atoms with van der Waals surface area (Å²) in [5.41, 5.74) is 6.02. The molecule has 0 radical (unpaired) electrons. The molecule has 0 aliphatic carbocycles. The lowest BCUT2D eigenvalue weighted by Gasteiger charge is -2.37. The van der Waals surface area contributed by atoms with Crippen LogP contribution in [0.5, 0.6) is 0 Å². The molecular formula is C26H28N2O4. The molecule has 0 saturated carbocycles. The molecule has 4 rings (SSSR count). The zero-order chi connectivity index (χ0) is 22.7. The number of aromatic nitrogens is 2. The van der Waals surface area contributed by atoms with Gasteiger partial charge in [-0.2, -0.15) is 5.10 Å². The predicted molar refractivity (Wildman–Crippen MR) is 121 cm³/mol. The summed E-state index contributed by atoms with van der Waals surface area (Å²) < 4.78 is 7.58. The van der Waals surface area contributed by atoms with Crippen LogP contribution in [0, 0.1) is 18.8 Å². The molecule has 2 heterocycles. The second kappa shape index (κ2) is 9.68. The number of aliphatic hydroxyl groups excluding tert-OH is 3. The third kappa shape index (κ3) is 5.09. The van der Waals surface area contributed by atoms with Crippen LogP contribution in [0.4, 0.5) is 0 Å². The monoisotopic (exact) mass is 432 g/mol. The van der Waals surface area contributed by atoms with E-state index in [1.165, 1.54) is 0 Å². The van der Waals surface area contributed by atoms with Crippen LogP contribution in [-0.2, 0) is 18.2 Å². The Balaban J connectivity index is 1.50. The van der Waals surface area contributed by atoms with Crippen molar-refractivity contribution < 1.29 is 20.1 Å². The Bertz CT molecular complexity index is 1130. The van der Waals surface area contributed by atoms with Crippen molar-refractivity contribution in [3.8, 4) is 11.8 Å². The molecule has 0 unspecified atom stereocenters. The average Bonchev–Trinajstić information content (AvgIpc) is 3.21. The molecule has 1 fully saturated rings. The number of aliphatic hydroxyl groups is 3. The molecule has 6 nitrogen and oxygen atoms in total. The lowest BCUT2D eigenvalue weighted by Crippen LogP contribution is -2.44. The Labute approximate surface area is 188 Å². The zero-order valence-electron chi connectivity index (χ0n) is 18.3. The first-order valence-corrected chi connectivity index (χ1v) is 10.7. The topological polar surface area (TPSA) is 87.7 Å². The number of nitrogens with zero attached hydrogens (tertiary/aromatic N) is 2. The standard InChI is InChI=1S/C26H28N2O4/c1-17-3-10-21(26-25(31)24(30)13-23(16-29)32-26)12-22(17)11-19-7-4-18(5-8-19)6-9-20-14-27-28(2)15-20/h3-5,7-8,10,12,14-15,23-26,29-31H,11,13,16H2,1-2H3/t23-,24-,25+,26-/m0/s1. The Morgan fingerprint density at radius 1 is 1.09 bits per heavy atom. The van der Waals surface area contributed by atoms with Crippen LogP contribution in [0.2, 0.25) is 0 Å². The molecule has 6 heteroatoms. The summed E-state index contributed by atoms with van der Waals surface area (Å²) in [7, 11) is 1.87. The van der Waals surface area contributed by atoms with E-state index in [9.17, 15) is 15.3 Å². The first-order chi connectivity index (χ1) is 15.4. The Hall–Kier alpha value is -2.95. The van der Waals surface area contributed by atoms with Crippen molar-refractivity contribution in [2.75, 3.05) is 6.61 Å². The van der Waals surface area contributed by atoms with E-state index in [0.717, 1.165) is 39.8 Å². The number of rotatable bonds is 4. The number of hydrogen-bond acceptors (Lipinski definition) is 5. The fourth-order valence-electron chi connectivity index (χ4n) is 3.96. The molecule has 0 spiro atoms. The molecule has 3 N–H and O–H groups in total. The highest BCUT2D eigenvalue weighted by Crippen LogP contribution is 2.33. The van der Waals surface area contributed by atoms with Crippen LogP contribution in [0.25, 0.3) is 0 Å². The van der Waals surface area contributed by atoms with Crippen molar-refractivity contribution in [1.82, 2.24) is 9.78 Å². The van der Waals surface area contributed by atoms with Crippen molar-refractivity contribution in [1.29, 1.82) is 0 Å². The molecule has 0 amide bonds. The molecule has 0 bridgehead atoms. The summed E-state index contributed by atoms with van der Waals surface area (Å²) in [6.45, 7) is 1.87. The fourth-order valence-corrected chi connectivity index (χ4v) is 3.96. The van der Waals surface area contributed by atoms with E-state index >= 15 is 0 Å². The van der Waals surface area contributed by atoms with Gasteiger partial charge in [-0.05, 0) is 47.7 Å². The molecule has 1 aliphatic rings. The molecule has 32 heavy (non-hydrogen) atoms. The van der Waals surface area contributed by atoms with Crippen LogP contribution in [0.3, 0.4) is 0 Å². The maximum atomic E-state index is 10.4. The average molecular weight is 433 g/mol. The predicted octanol–water partition coefficient (Wildman–Crippen LogP) is 2.26. The Morgan fingerprint density at radius 2 is 1.84 bits per heavy atom. The maximum Gasteiger partial charge on any atom is 0.111 e. The van der Waals surface area contributed by atoms with Crippen molar-refractivity contribution >= 4 is 0 Å². The van der Waals surface area contributed by atoms with E-state index in [2.05, 4.69) is 36.0 Å². The van der Waals surface area contributed by atoms with Crippen molar-refractivity contribution in [3.05, 3.63) is 88.2 Å². The molecule has 4 atom stereocenters. The molecule has 1 aromatic heterocycles. The molecular weight excluding hydrogens is 404 g/mol. The summed E-state index contributed by atoms with van der Waals surface area (Å²) in [5.74, 6) is 6.27. The SMILES string of the molecule is Cc1ccc([C@@H]2O[C@H](CO)C[C@H](O)[C@H]2O)cc1Cc1ccc(C#Cc2cnn(C)c2)cc1. The minimum absolute atomic E-state index is 0.185. The normalized spacial score (nSPS) is 22.9. The van der Waals surface area contributed by atoms with Crippen LogP contribution in [-0.4, -0.2) is 50.0 Å². The fraction of sp³-hybridized carbons (Fsp3) is 0.346. The van der Waals surface area contributed by atoms with Crippen LogP contribution < -0.4 is 0 Å². The van der Waals surface area contributed by atoms with Gasteiger partial charge in [-0.1, -0.05) is 42.2 Å². The number of hydrogen-bond donors (Lipinski definition) is 3. The van der Waals surface area contributed by atoms with Gasteiger partial charge in [0.1, 0.15) is 12.2 Å². The summed E-state index contributed by atoms with van der Waals surface area (Å²) in [6, 6.07) is 14.1. The van der Waals surface area contributed by atoms with Gasteiger partial charge >= 0.3 is 0 Å². The van der Waals surface area contributed by atoms with Gasteiger partial charge in [-0.15, -0.1) is 0 Å². The van der Waals surface area contributed by atoms with Crippen molar-refractivity contribution in [2.45, 2.75) is 44.2 Å². The van der Waals surface area contributed by atoms with E-state index in [1.54, 1.807) is 10.9 Å². The summed E-state index contributed by atoms with van der Waals surface area (Å²) in [5, 5.41) is 34.2. The third-order valence-corrected chi connectivity index (χ3v) is 5.86.